The van der Waals surface area contributed by atoms with E-state index in [9.17, 15) is 19.0 Å². The Hall–Kier alpha value is -3.85. The molecule has 504 valence electrons. The number of hydrogen-bond acceptors (Lipinski definition) is 7. The smallest absolute Gasteiger partial charge is 0.462 e. The third-order valence-electron chi connectivity index (χ3n) is 15.2. The molecule has 0 amide bonds. The number of carbonyl (C=O) groups excluding carboxylic acids is 2. The van der Waals surface area contributed by atoms with Crippen molar-refractivity contribution in [1.82, 2.24) is 0 Å². The topological polar surface area (TPSA) is 108 Å². The Labute approximate surface area is 542 Å². The molecular weight excluding hydrogens is 1110 g/mol. The van der Waals surface area contributed by atoms with Gasteiger partial charge in [-0.25, -0.2) is 4.57 Å². The van der Waals surface area contributed by atoms with E-state index in [1.165, 1.54) is 161 Å². The number of carbonyl (C=O) groups is 2. The number of quaternary nitrogens is 1. The van der Waals surface area contributed by atoms with Gasteiger partial charge in [-0.05, 0) is 116 Å². The van der Waals surface area contributed by atoms with Crippen LogP contribution in [0.4, 0.5) is 0 Å². The number of rotatable bonds is 65. The SMILES string of the molecule is CC/C=C\C/C=C\C/C=C\C/C=C\C/C=C\C/C=C\C/C=C\C/C=C\C/C=C\CCCCCC(=O)OC(COC(=O)CCCCCCCCCCCCCCCCCCCCCCC/C=C\C/C=C\CCCCCCC)COP(=O)(O)OCC[N+](C)(C)C. The fraction of sp³-hybridized carbons (Fsp3) is 0.692. The Bertz CT molecular complexity index is 1950. The van der Waals surface area contributed by atoms with Gasteiger partial charge >= 0.3 is 19.8 Å². The average molecular weight is 1250 g/mol. The summed E-state index contributed by atoms with van der Waals surface area (Å²) in [6, 6.07) is 0. The second kappa shape index (κ2) is 67.5. The third-order valence-corrected chi connectivity index (χ3v) is 16.1. The molecule has 0 saturated heterocycles. The van der Waals surface area contributed by atoms with Gasteiger partial charge in [0.25, 0.3) is 0 Å². The predicted octanol–water partition coefficient (Wildman–Crippen LogP) is 23.6. The normalized spacial score (nSPS) is 13.9. The van der Waals surface area contributed by atoms with Crippen LogP contribution in [0.5, 0.6) is 0 Å². The largest absolute Gasteiger partial charge is 0.472 e. The molecule has 0 spiro atoms. The van der Waals surface area contributed by atoms with Crippen molar-refractivity contribution in [3.63, 3.8) is 0 Å². The van der Waals surface area contributed by atoms with Crippen molar-refractivity contribution in [3.05, 3.63) is 134 Å². The number of phosphoric ester groups is 1. The molecule has 1 N–H and O–H groups in total. The van der Waals surface area contributed by atoms with Crippen molar-refractivity contribution in [3.8, 4) is 0 Å². The molecule has 9 nitrogen and oxygen atoms in total. The molecule has 0 radical (unpaired) electrons. The van der Waals surface area contributed by atoms with Gasteiger partial charge in [0.15, 0.2) is 6.10 Å². The van der Waals surface area contributed by atoms with E-state index in [0.29, 0.717) is 17.4 Å². The van der Waals surface area contributed by atoms with E-state index in [1.807, 2.05) is 21.1 Å². The van der Waals surface area contributed by atoms with E-state index in [0.717, 1.165) is 103 Å². The highest BCUT2D eigenvalue weighted by atomic mass is 31.2. The lowest BCUT2D eigenvalue weighted by Crippen LogP contribution is -2.37. The zero-order valence-corrected chi connectivity index (χ0v) is 58.3. The minimum Gasteiger partial charge on any atom is -0.462 e. The van der Waals surface area contributed by atoms with Crippen LogP contribution in [-0.2, 0) is 32.7 Å². The first-order valence-corrected chi connectivity index (χ1v) is 37.4. The van der Waals surface area contributed by atoms with Crippen LogP contribution in [0.25, 0.3) is 0 Å². The molecule has 0 aliphatic carbocycles. The van der Waals surface area contributed by atoms with Gasteiger partial charge < -0.3 is 18.9 Å². The number of unbranched alkanes of at least 4 members (excludes halogenated alkanes) is 29. The summed E-state index contributed by atoms with van der Waals surface area (Å²) in [5.41, 5.74) is 0. The number of ether oxygens (including phenoxy) is 2. The minimum atomic E-state index is -4.41. The summed E-state index contributed by atoms with van der Waals surface area (Å²) in [7, 11) is 1.44. The van der Waals surface area contributed by atoms with Crippen LogP contribution in [0.3, 0.4) is 0 Å². The van der Waals surface area contributed by atoms with Crippen LogP contribution in [0.2, 0.25) is 0 Å². The maximum Gasteiger partial charge on any atom is 0.472 e. The number of hydrogen-bond donors (Lipinski definition) is 1. The van der Waals surface area contributed by atoms with Gasteiger partial charge in [0.1, 0.15) is 19.8 Å². The Morgan fingerprint density at radius 3 is 0.977 bits per heavy atom. The van der Waals surface area contributed by atoms with Crippen LogP contribution in [-0.4, -0.2) is 74.9 Å². The van der Waals surface area contributed by atoms with E-state index >= 15 is 0 Å². The van der Waals surface area contributed by atoms with E-state index in [2.05, 4.69) is 148 Å². The Kier molecular flexibility index (Phi) is 64.6. The van der Waals surface area contributed by atoms with E-state index in [4.69, 9.17) is 18.5 Å². The van der Waals surface area contributed by atoms with Crippen LogP contribution in [0.15, 0.2) is 134 Å². The lowest BCUT2D eigenvalue weighted by molar-refractivity contribution is -0.870. The maximum atomic E-state index is 12.9. The first-order valence-electron chi connectivity index (χ1n) is 35.9. The predicted molar refractivity (Wildman–Crippen MR) is 381 cm³/mol. The molecule has 88 heavy (non-hydrogen) atoms. The second-order valence-electron chi connectivity index (χ2n) is 24.9. The van der Waals surface area contributed by atoms with Crippen molar-refractivity contribution < 1.29 is 42.1 Å². The van der Waals surface area contributed by atoms with Crippen molar-refractivity contribution >= 4 is 19.8 Å². The Balaban J connectivity index is 4.12. The van der Waals surface area contributed by atoms with Crippen molar-refractivity contribution in [2.75, 3.05) is 47.5 Å². The lowest BCUT2D eigenvalue weighted by atomic mass is 10.0. The quantitative estimate of drug-likeness (QED) is 0.0211. The van der Waals surface area contributed by atoms with Gasteiger partial charge in [-0.2, -0.15) is 0 Å². The molecule has 10 heteroatoms. The third kappa shape index (κ3) is 71.2. The molecule has 0 fully saturated rings. The van der Waals surface area contributed by atoms with Gasteiger partial charge in [-0.1, -0.05) is 302 Å². The molecule has 0 aliphatic rings. The average Bonchev–Trinajstić information content (AvgIpc) is 3.68. The number of likely N-dealkylation sites (N-methyl/N-ethyl adjacent to an activating group) is 1. The van der Waals surface area contributed by atoms with Gasteiger partial charge in [0, 0.05) is 12.8 Å². The van der Waals surface area contributed by atoms with E-state index < -0.39 is 26.5 Å². The van der Waals surface area contributed by atoms with E-state index in [1.54, 1.807) is 0 Å². The van der Waals surface area contributed by atoms with E-state index in [-0.39, 0.29) is 32.0 Å². The summed E-state index contributed by atoms with van der Waals surface area (Å²) in [5, 5.41) is 0. The summed E-state index contributed by atoms with van der Waals surface area (Å²) in [5.74, 6) is -0.835. The molecule has 0 bridgehead atoms. The highest BCUT2D eigenvalue weighted by Gasteiger charge is 2.27. The number of esters is 2. The maximum absolute atomic E-state index is 12.9. The minimum absolute atomic E-state index is 0.0190. The lowest BCUT2D eigenvalue weighted by Gasteiger charge is -2.24. The van der Waals surface area contributed by atoms with Gasteiger partial charge in [-0.3, -0.25) is 18.6 Å². The van der Waals surface area contributed by atoms with Crippen molar-refractivity contribution in [1.29, 1.82) is 0 Å². The molecule has 0 aromatic heterocycles. The van der Waals surface area contributed by atoms with Crippen LogP contribution >= 0.6 is 7.82 Å². The zero-order chi connectivity index (χ0) is 64.1. The van der Waals surface area contributed by atoms with Gasteiger partial charge in [0.2, 0.25) is 0 Å². The molecule has 2 unspecified atom stereocenters. The van der Waals surface area contributed by atoms with Crippen LogP contribution in [0.1, 0.15) is 296 Å². The van der Waals surface area contributed by atoms with Crippen molar-refractivity contribution in [2.45, 2.75) is 302 Å². The van der Waals surface area contributed by atoms with Crippen molar-refractivity contribution in [2.24, 2.45) is 0 Å². The second-order valence-corrected chi connectivity index (χ2v) is 26.3. The number of phosphoric acid groups is 1. The molecule has 0 aromatic carbocycles. The zero-order valence-electron chi connectivity index (χ0n) is 57.4. The number of allylic oxidation sites excluding steroid dienone is 22. The standard InChI is InChI=1S/C78H134NO8P/c1-6-8-10-12-14-16-18-20-22-24-26-28-30-32-34-36-38-39-41-42-44-46-48-50-52-54-56-58-60-62-64-66-68-70-77(80)84-74-76(75-86-88(82,83)85-73-72-79(3,4)5)87-78(81)71-69-67-65-63-61-59-57-55-53-51-49-47-45-43-40-37-35-33-31-29-27-25-23-21-19-17-15-13-11-9-7-2/h9,11,15,17-18,20-21,23-24,26-27,29,33,35,40,43,47,49,53,55,59,61,76H,6-8,10,12-14,16,19,22,25,28,30-32,34,36-39,41-42,44-46,48,50-52,54,56-58,60,62-75H2,1-5H3/p+1/b11-9-,17-15-,20-18-,23-21-,26-24-,29-27-,35-33-,43-40-,49-47-,55-53-,61-59-. The first kappa shape index (κ1) is 84.2. The monoisotopic (exact) mass is 1240 g/mol. The summed E-state index contributed by atoms with van der Waals surface area (Å²) in [4.78, 5) is 35.9. The summed E-state index contributed by atoms with van der Waals surface area (Å²) < 4.78 is 34.7. The summed E-state index contributed by atoms with van der Waals surface area (Å²) in [6.45, 7) is 4.28. The molecule has 0 heterocycles. The highest BCUT2D eigenvalue weighted by Crippen LogP contribution is 2.43. The fourth-order valence-corrected chi connectivity index (χ4v) is 10.4. The Morgan fingerprint density at radius 1 is 0.364 bits per heavy atom. The molecule has 0 aliphatic heterocycles. The van der Waals surface area contributed by atoms with Gasteiger partial charge in [0.05, 0.1) is 27.7 Å². The first-order chi connectivity index (χ1) is 43.0. The Morgan fingerprint density at radius 2 is 0.648 bits per heavy atom. The molecule has 0 aromatic rings. The molecule has 2 atom stereocenters. The summed E-state index contributed by atoms with van der Waals surface area (Å²) in [6.07, 6.45) is 98.5. The van der Waals surface area contributed by atoms with Crippen LogP contribution in [0, 0.1) is 0 Å². The molecule has 0 saturated carbocycles. The molecule has 0 rings (SSSR count). The van der Waals surface area contributed by atoms with Crippen LogP contribution < -0.4 is 0 Å². The summed E-state index contributed by atoms with van der Waals surface area (Å²) >= 11 is 0. The number of nitrogens with zero attached hydrogens (tertiary/aromatic N) is 1. The van der Waals surface area contributed by atoms with Gasteiger partial charge in [-0.15, -0.1) is 0 Å². The fourth-order valence-electron chi connectivity index (χ4n) is 9.69. The molecular formula is C78H135NO8P+. The highest BCUT2D eigenvalue weighted by molar-refractivity contribution is 7.47.